The van der Waals surface area contributed by atoms with E-state index >= 15 is 0 Å². The summed E-state index contributed by atoms with van der Waals surface area (Å²) in [6.45, 7) is 11.6. The van der Waals surface area contributed by atoms with Gasteiger partial charge in [-0.25, -0.2) is 15.0 Å². The molecular formula is C90H113AlBr3N19O4. The molecule has 14 N–H and O–H groups in total. The largest absolute Gasteiger partial charge is 0.399 e. The van der Waals surface area contributed by atoms with Crippen LogP contribution in [-0.4, -0.2) is 68.3 Å². The van der Waals surface area contributed by atoms with Gasteiger partial charge in [-0.2, -0.15) is 15.5 Å². The SMILES string of the molecule is C.CCCCCC(=N)c1ccc(N)cc1.CCCCCC(=N)c1ccc(N=Nc2c(N)ncc3ccc(Br)cc23)cc1.CCCCCC(=N)c1ccc(N=Nc2c(N)ncc3ccc(Br)cc23)cc1.CCCCCC(=N)c1ccc([N+](=O)[O-])cc1.CCCCN.N#Cc1ccc([N+](=O)[O-])cc1.Nc1cc2cc(Br)ccc2cn1.[CH3][Al]([CH3])[CH3]. The van der Waals surface area contributed by atoms with Crippen molar-refractivity contribution in [2.75, 3.05) is 29.5 Å². The van der Waals surface area contributed by atoms with Crippen LogP contribution < -0.4 is 28.7 Å². The van der Waals surface area contributed by atoms with Crippen molar-refractivity contribution in [1.29, 1.82) is 26.9 Å². The number of nitro benzene ring substituents is 2. The van der Waals surface area contributed by atoms with Crippen LogP contribution in [0.2, 0.25) is 17.4 Å². The maximum atomic E-state index is 10.4. The van der Waals surface area contributed by atoms with E-state index in [9.17, 15) is 20.2 Å². The molecule has 0 amide bonds. The van der Waals surface area contributed by atoms with E-state index in [0.29, 0.717) is 62.9 Å². The number of rotatable bonds is 28. The van der Waals surface area contributed by atoms with Crippen LogP contribution in [0.1, 0.15) is 185 Å². The fourth-order valence-electron chi connectivity index (χ4n) is 10.5. The number of aromatic nitrogens is 3. The molecule has 11 rings (SSSR count). The Balaban J connectivity index is 0.000000366. The first kappa shape index (κ1) is 100. The summed E-state index contributed by atoms with van der Waals surface area (Å²) in [5, 5.41) is 84.1. The molecule has 0 aliphatic heterocycles. The van der Waals surface area contributed by atoms with Crippen LogP contribution in [0.4, 0.5) is 57.3 Å². The first-order valence-electron chi connectivity index (χ1n) is 39.0. The van der Waals surface area contributed by atoms with E-state index in [2.05, 4.69) is 135 Å². The fourth-order valence-corrected chi connectivity index (χ4v) is 11.6. The number of nitrogens with zero attached hydrogens (tertiary/aromatic N) is 10. The average Bonchev–Trinajstić information content (AvgIpc) is 0.808. The number of nitro groups is 2. The third-order valence-electron chi connectivity index (χ3n) is 17.0. The van der Waals surface area contributed by atoms with Gasteiger partial charge in [0.05, 0.1) is 32.9 Å². The summed E-state index contributed by atoms with van der Waals surface area (Å²) < 4.78 is 2.95. The van der Waals surface area contributed by atoms with Gasteiger partial charge in [0.1, 0.15) is 17.2 Å². The van der Waals surface area contributed by atoms with E-state index in [0.717, 1.165) is 176 Å². The number of nitrogen functional groups attached to an aromatic ring is 4. The Labute approximate surface area is 719 Å². The van der Waals surface area contributed by atoms with Crippen LogP contribution in [0.15, 0.2) is 234 Å². The second kappa shape index (κ2) is 56.6. The van der Waals surface area contributed by atoms with Gasteiger partial charge >= 0.3 is 0 Å². The highest BCUT2D eigenvalue weighted by Crippen LogP contribution is 2.36. The summed E-state index contributed by atoms with van der Waals surface area (Å²) in [6, 6.07) is 55.8. The standard InChI is InChI=1S/2C21H22BrN5.C12H16N2O2.C12H18N2.C9H7BrN2.C7H4N2O2.C4H11N.CH4.3CH3.Al/c2*1-2-3-4-5-19(23)14-7-10-17(11-8-14)26-27-20-18-12-16(22)9-6-15(18)13-25-21(20)24;1-2-3-4-5-12(13)10-6-8-11(9-7-10)14(15)16;1-2-3-4-5-12(14)10-6-8-11(13)9-7-10;10-8-2-1-6-5-12-9(11)4-7(6)3-8;8-5-6-1-3-7(4-2-6)9(10)11;1-2-3-4-5;;;;;/h2*6-13,23H,2-5H2,1H3,(H2,24,25);6-9,13H,2-5H2,1H3;6-9,14H,2-5,13H2,1H3;1-5H,(H2,11,12);1-4H;2-5H2,1H3;1H4;3*1H3;. The number of anilines is 4. The average molecular weight is 1790 g/mol. The van der Waals surface area contributed by atoms with Crippen molar-refractivity contribution in [3.8, 4) is 6.07 Å². The number of unbranched alkanes of at least 4 members (excludes halogenated alkanes) is 9. The van der Waals surface area contributed by atoms with Crippen LogP contribution >= 0.6 is 47.8 Å². The highest BCUT2D eigenvalue weighted by atomic mass is 79.9. The van der Waals surface area contributed by atoms with Crippen LogP contribution in [0.5, 0.6) is 0 Å². The Bertz CT molecular complexity index is 4800. The van der Waals surface area contributed by atoms with Crippen LogP contribution in [0, 0.1) is 53.2 Å². The van der Waals surface area contributed by atoms with E-state index in [-0.39, 0.29) is 33.0 Å². The Kier molecular flexibility index (Phi) is 48.6. The molecule has 3 heterocycles. The molecule has 23 nitrogen and oxygen atoms in total. The molecule has 0 fully saturated rings. The quantitative estimate of drug-likeness (QED) is 0.00419. The molecule has 27 heteroatoms. The number of pyridine rings is 3. The number of fused-ring (bicyclic) bond motifs is 3. The molecule has 0 atom stereocenters. The number of non-ortho nitro benzene ring substituents is 2. The van der Waals surface area contributed by atoms with Gasteiger partial charge in [-0.3, -0.25) is 20.2 Å². The van der Waals surface area contributed by atoms with Gasteiger partial charge in [0.15, 0.2) is 11.6 Å². The molecule has 0 aliphatic rings. The fraction of sp³-hybridized carbons (Fsp3) is 0.311. The summed E-state index contributed by atoms with van der Waals surface area (Å²) in [5.41, 5.74) is 38.4. The summed E-state index contributed by atoms with van der Waals surface area (Å²) in [6.07, 6.45) is 24.4. The predicted molar refractivity (Wildman–Crippen MR) is 502 cm³/mol. The molecule has 0 unspecified atom stereocenters. The van der Waals surface area contributed by atoms with Crippen molar-refractivity contribution >= 4 is 174 Å². The number of hydrogen-bond donors (Lipinski definition) is 9. The number of nitriles is 1. The maximum absolute atomic E-state index is 10.4. The number of nitrogens with one attached hydrogen (secondary N) is 4. The third kappa shape index (κ3) is 38.3. The number of hydrogen-bond acceptors (Lipinski definition) is 21. The molecule has 0 spiro atoms. The number of halogens is 3. The Morgan fingerprint density at radius 2 is 0.744 bits per heavy atom. The van der Waals surface area contributed by atoms with Crippen molar-refractivity contribution in [2.24, 2.45) is 26.2 Å². The van der Waals surface area contributed by atoms with Gasteiger partial charge in [-0.15, -0.1) is 27.6 Å². The molecule has 117 heavy (non-hydrogen) atoms. The highest BCUT2D eigenvalue weighted by Gasteiger charge is 2.12. The van der Waals surface area contributed by atoms with Crippen molar-refractivity contribution < 1.29 is 9.85 Å². The highest BCUT2D eigenvalue weighted by molar-refractivity contribution is 9.11. The Morgan fingerprint density at radius 1 is 0.427 bits per heavy atom. The molecule has 8 aromatic carbocycles. The van der Waals surface area contributed by atoms with Crippen LogP contribution in [0.25, 0.3) is 32.3 Å². The van der Waals surface area contributed by atoms with E-state index in [1.807, 2.05) is 140 Å². The second-order valence-electron chi connectivity index (χ2n) is 27.5. The van der Waals surface area contributed by atoms with Gasteiger partial charge in [0.25, 0.3) is 25.5 Å². The van der Waals surface area contributed by atoms with Crippen molar-refractivity contribution in [3.63, 3.8) is 0 Å². The second-order valence-corrected chi connectivity index (χ2v) is 33.7. The molecule has 3 aromatic heterocycles. The maximum Gasteiger partial charge on any atom is 0.269 e. The lowest BCUT2D eigenvalue weighted by Gasteiger charge is -2.05. The zero-order valence-corrected chi connectivity index (χ0v) is 73.6. The summed E-state index contributed by atoms with van der Waals surface area (Å²) in [4.78, 5) is 32.0. The number of nitrogens with two attached hydrogens (primary N) is 5. The van der Waals surface area contributed by atoms with E-state index in [1.165, 1.54) is 62.1 Å². The van der Waals surface area contributed by atoms with Crippen molar-refractivity contribution in [1.82, 2.24) is 15.0 Å². The first-order chi connectivity index (χ1) is 55.7. The van der Waals surface area contributed by atoms with E-state index in [1.54, 1.807) is 30.7 Å². The lowest BCUT2D eigenvalue weighted by molar-refractivity contribution is -0.385. The molecule has 0 bridgehead atoms. The molecular weight excluding hydrogens is 1680 g/mol. The van der Waals surface area contributed by atoms with Gasteiger partial charge in [-0.1, -0.05) is 202 Å². The monoisotopic (exact) mass is 1790 g/mol. The van der Waals surface area contributed by atoms with E-state index in [4.69, 9.17) is 55.6 Å². The topological polar surface area (TPSA) is 424 Å². The predicted octanol–water partition coefficient (Wildman–Crippen LogP) is 27.4. The smallest absolute Gasteiger partial charge is 0.269 e. The van der Waals surface area contributed by atoms with Crippen molar-refractivity contribution in [3.05, 3.63) is 262 Å². The summed E-state index contributed by atoms with van der Waals surface area (Å²) in [7, 11) is 0. The van der Waals surface area contributed by atoms with Gasteiger partial charge in [-0.05, 0) is 195 Å². The summed E-state index contributed by atoms with van der Waals surface area (Å²) >= 11 is 10.2. The number of azo groups is 2. The van der Waals surface area contributed by atoms with Gasteiger partial charge in [0.2, 0.25) is 0 Å². The van der Waals surface area contributed by atoms with Gasteiger partial charge in [0, 0.05) is 112 Å². The zero-order valence-electron chi connectivity index (χ0n) is 67.7. The lowest BCUT2D eigenvalue weighted by Crippen LogP contribution is -1.99. The van der Waals surface area contributed by atoms with Crippen LogP contribution in [0.3, 0.4) is 0 Å². The van der Waals surface area contributed by atoms with Gasteiger partial charge < -0.3 is 50.3 Å². The molecule has 616 valence electrons. The normalized spacial score (nSPS) is 10.3. The molecule has 0 saturated heterocycles. The molecule has 11 aromatic rings. The van der Waals surface area contributed by atoms with E-state index < -0.39 is 9.85 Å². The summed E-state index contributed by atoms with van der Waals surface area (Å²) in [5.74, 6) is 8.16. The molecule has 0 saturated carbocycles. The lowest BCUT2D eigenvalue weighted by atomic mass is 10.0. The van der Waals surface area contributed by atoms with Crippen LogP contribution in [-0.2, 0) is 0 Å². The third-order valence-corrected chi connectivity index (χ3v) is 18.4. The minimum atomic E-state index is -0.499. The molecule has 0 aliphatic carbocycles. The Hall–Kier alpha value is -10.7. The number of benzene rings is 8. The van der Waals surface area contributed by atoms with Crippen molar-refractivity contribution in [2.45, 2.75) is 175 Å². The molecule has 0 radical (unpaired) electrons. The minimum Gasteiger partial charge on any atom is -0.399 e. The Morgan fingerprint density at radius 3 is 1.07 bits per heavy atom. The minimum absolute atomic E-state index is 0. The first-order valence-corrected chi connectivity index (χ1v) is 44.8. The zero-order chi connectivity index (χ0) is 85.3.